The number of aromatic nitrogens is 4. The van der Waals surface area contributed by atoms with Crippen LogP contribution in [0.2, 0.25) is 0 Å². The Hall–Kier alpha value is -2.15. The summed E-state index contributed by atoms with van der Waals surface area (Å²) in [5.41, 5.74) is 0.668. The number of hydrogen-bond donors (Lipinski definition) is 2. The standard InChI is InChI=1S/C17H24N6O/c24-16(17(4-7-18-8-5-17)23-9-1-6-21-23)22-10-2-14(3-11-22)15-12-19-13-20-15/h1,6,9,12-14,18H,2-5,7-8,10-11H2,(H,19,20). The van der Waals surface area contributed by atoms with Crippen LogP contribution in [0.5, 0.6) is 0 Å². The number of H-pyrrole nitrogens is 1. The molecule has 0 atom stereocenters. The van der Waals surface area contributed by atoms with E-state index in [1.54, 1.807) is 12.5 Å². The van der Waals surface area contributed by atoms with Crippen LogP contribution in [0.3, 0.4) is 0 Å². The molecule has 0 radical (unpaired) electrons. The first-order valence-electron chi connectivity index (χ1n) is 8.78. The lowest BCUT2D eigenvalue weighted by atomic mass is 9.85. The number of hydrogen-bond acceptors (Lipinski definition) is 4. The van der Waals surface area contributed by atoms with Crippen molar-refractivity contribution in [1.29, 1.82) is 0 Å². The van der Waals surface area contributed by atoms with Gasteiger partial charge in [0.1, 0.15) is 5.54 Å². The molecule has 7 heteroatoms. The van der Waals surface area contributed by atoms with E-state index in [9.17, 15) is 4.79 Å². The van der Waals surface area contributed by atoms with E-state index >= 15 is 0 Å². The first kappa shape index (κ1) is 15.4. The van der Waals surface area contributed by atoms with Gasteiger partial charge >= 0.3 is 0 Å². The molecule has 0 aromatic carbocycles. The van der Waals surface area contributed by atoms with Gasteiger partial charge in [-0.15, -0.1) is 0 Å². The second-order valence-electron chi connectivity index (χ2n) is 6.81. The van der Waals surface area contributed by atoms with E-state index in [0.717, 1.165) is 51.9 Å². The maximum absolute atomic E-state index is 13.4. The van der Waals surface area contributed by atoms with E-state index in [1.807, 2.05) is 28.0 Å². The van der Waals surface area contributed by atoms with Crippen molar-refractivity contribution in [2.24, 2.45) is 0 Å². The molecule has 2 aromatic rings. The zero-order valence-electron chi connectivity index (χ0n) is 13.8. The first-order chi connectivity index (χ1) is 11.8. The zero-order chi connectivity index (χ0) is 16.4. The lowest BCUT2D eigenvalue weighted by Crippen LogP contribution is -2.56. The summed E-state index contributed by atoms with van der Waals surface area (Å²) in [6.45, 7) is 3.32. The molecule has 2 aliphatic rings. The fraction of sp³-hybridized carbons (Fsp3) is 0.588. The molecule has 0 spiro atoms. The summed E-state index contributed by atoms with van der Waals surface area (Å²) < 4.78 is 1.89. The number of aromatic amines is 1. The molecular weight excluding hydrogens is 304 g/mol. The summed E-state index contributed by atoms with van der Waals surface area (Å²) in [5, 5.41) is 7.77. The summed E-state index contributed by atoms with van der Waals surface area (Å²) in [5.74, 6) is 0.709. The quantitative estimate of drug-likeness (QED) is 0.884. The first-order valence-corrected chi connectivity index (χ1v) is 8.78. The minimum absolute atomic E-state index is 0.232. The number of imidazole rings is 1. The van der Waals surface area contributed by atoms with Crippen LogP contribution in [0, 0.1) is 0 Å². The molecule has 7 nitrogen and oxygen atoms in total. The summed E-state index contributed by atoms with van der Waals surface area (Å²) in [6.07, 6.45) is 10.9. The van der Waals surface area contributed by atoms with Crippen LogP contribution in [-0.4, -0.2) is 56.7 Å². The van der Waals surface area contributed by atoms with Gasteiger partial charge < -0.3 is 15.2 Å². The number of nitrogens with zero attached hydrogens (tertiary/aromatic N) is 4. The van der Waals surface area contributed by atoms with Crippen molar-refractivity contribution in [3.05, 3.63) is 36.7 Å². The normalized spacial score (nSPS) is 21.8. The predicted molar refractivity (Wildman–Crippen MR) is 89.4 cm³/mol. The largest absolute Gasteiger partial charge is 0.348 e. The number of carbonyl (C=O) groups is 1. The average molecular weight is 328 g/mol. The molecule has 0 saturated carbocycles. The van der Waals surface area contributed by atoms with Gasteiger partial charge in [0.05, 0.1) is 6.33 Å². The van der Waals surface area contributed by atoms with Crippen LogP contribution in [0.25, 0.3) is 0 Å². The molecular formula is C17H24N6O. The second kappa shape index (κ2) is 6.39. The molecule has 4 rings (SSSR count). The topological polar surface area (TPSA) is 78.8 Å². The Morgan fingerprint density at radius 3 is 2.67 bits per heavy atom. The second-order valence-corrected chi connectivity index (χ2v) is 6.81. The minimum Gasteiger partial charge on any atom is -0.348 e. The Kier molecular flexibility index (Phi) is 4.10. The number of likely N-dealkylation sites (tertiary alicyclic amines) is 1. The fourth-order valence-corrected chi connectivity index (χ4v) is 4.08. The molecule has 2 aliphatic heterocycles. The molecule has 2 aromatic heterocycles. The highest BCUT2D eigenvalue weighted by molar-refractivity contribution is 5.84. The highest BCUT2D eigenvalue weighted by atomic mass is 16.2. The molecule has 128 valence electrons. The number of rotatable bonds is 3. The monoisotopic (exact) mass is 328 g/mol. The molecule has 0 aliphatic carbocycles. The Bertz CT molecular complexity index is 651. The third-order valence-corrected chi connectivity index (χ3v) is 5.51. The van der Waals surface area contributed by atoms with Crippen molar-refractivity contribution in [3.63, 3.8) is 0 Å². The van der Waals surface area contributed by atoms with Crippen molar-refractivity contribution in [2.75, 3.05) is 26.2 Å². The van der Waals surface area contributed by atoms with Crippen molar-refractivity contribution >= 4 is 5.91 Å². The zero-order valence-corrected chi connectivity index (χ0v) is 13.8. The van der Waals surface area contributed by atoms with Crippen molar-refractivity contribution in [2.45, 2.75) is 37.1 Å². The third-order valence-electron chi connectivity index (χ3n) is 5.51. The lowest BCUT2D eigenvalue weighted by Gasteiger charge is -2.42. The van der Waals surface area contributed by atoms with E-state index in [2.05, 4.69) is 20.4 Å². The van der Waals surface area contributed by atoms with Crippen LogP contribution < -0.4 is 5.32 Å². The Labute approximate surface area is 141 Å². The molecule has 4 heterocycles. The molecule has 24 heavy (non-hydrogen) atoms. The van der Waals surface area contributed by atoms with Crippen LogP contribution in [0.15, 0.2) is 31.0 Å². The SMILES string of the molecule is O=C(N1CCC(c2cnc[nH]2)CC1)C1(n2cccn2)CCNCC1. The van der Waals surface area contributed by atoms with Crippen molar-refractivity contribution in [1.82, 2.24) is 30.0 Å². The van der Waals surface area contributed by atoms with E-state index in [0.29, 0.717) is 5.92 Å². The molecule has 2 N–H and O–H groups in total. The van der Waals surface area contributed by atoms with E-state index < -0.39 is 5.54 Å². The predicted octanol–water partition coefficient (Wildman–Crippen LogP) is 1.09. The average Bonchev–Trinajstić information content (AvgIpc) is 3.35. The maximum atomic E-state index is 13.4. The van der Waals surface area contributed by atoms with Gasteiger partial charge in [0.25, 0.3) is 5.91 Å². The van der Waals surface area contributed by atoms with Crippen LogP contribution in [0.4, 0.5) is 0 Å². The number of piperidine rings is 2. The number of nitrogens with one attached hydrogen (secondary N) is 2. The highest BCUT2D eigenvalue weighted by Crippen LogP contribution is 2.33. The van der Waals surface area contributed by atoms with E-state index in [1.165, 1.54) is 5.69 Å². The number of carbonyl (C=O) groups excluding carboxylic acids is 1. The van der Waals surface area contributed by atoms with Crippen molar-refractivity contribution in [3.8, 4) is 0 Å². The van der Waals surface area contributed by atoms with Crippen LogP contribution >= 0.6 is 0 Å². The smallest absolute Gasteiger partial charge is 0.250 e. The summed E-state index contributed by atoms with van der Waals surface area (Å²) in [4.78, 5) is 22.7. The van der Waals surface area contributed by atoms with E-state index in [-0.39, 0.29) is 5.91 Å². The van der Waals surface area contributed by atoms with E-state index in [4.69, 9.17) is 0 Å². The van der Waals surface area contributed by atoms with Crippen molar-refractivity contribution < 1.29 is 4.79 Å². The number of amides is 1. The minimum atomic E-state index is -0.518. The lowest BCUT2D eigenvalue weighted by molar-refractivity contribution is -0.144. The Balaban J connectivity index is 1.50. The fourth-order valence-electron chi connectivity index (χ4n) is 4.08. The van der Waals surface area contributed by atoms with Gasteiger partial charge in [0.15, 0.2) is 0 Å². The summed E-state index contributed by atoms with van der Waals surface area (Å²) in [6, 6.07) is 1.90. The van der Waals surface area contributed by atoms with Gasteiger partial charge in [-0.05, 0) is 44.8 Å². The molecule has 0 bridgehead atoms. The third kappa shape index (κ3) is 2.62. The Morgan fingerprint density at radius 2 is 2.04 bits per heavy atom. The highest BCUT2D eigenvalue weighted by Gasteiger charge is 2.45. The maximum Gasteiger partial charge on any atom is 0.250 e. The van der Waals surface area contributed by atoms with Gasteiger partial charge in [-0.25, -0.2) is 4.98 Å². The van der Waals surface area contributed by atoms with Gasteiger partial charge in [-0.2, -0.15) is 5.10 Å². The summed E-state index contributed by atoms with van der Waals surface area (Å²) in [7, 11) is 0. The molecule has 1 amide bonds. The molecule has 2 fully saturated rings. The molecule has 2 saturated heterocycles. The van der Waals surface area contributed by atoms with Crippen LogP contribution in [0.1, 0.15) is 37.3 Å². The van der Waals surface area contributed by atoms with Gasteiger partial charge in [-0.1, -0.05) is 0 Å². The Morgan fingerprint density at radius 1 is 1.25 bits per heavy atom. The van der Waals surface area contributed by atoms with Gasteiger partial charge in [0, 0.05) is 43.3 Å². The van der Waals surface area contributed by atoms with Gasteiger partial charge in [-0.3, -0.25) is 9.48 Å². The van der Waals surface area contributed by atoms with Gasteiger partial charge in [0.2, 0.25) is 0 Å². The summed E-state index contributed by atoms with van der Waals surface area (Å²) >= 11 is 0. The molecule has 0 unspecified atom stereocenters. The van der Waals surface area contributed by atoms with Crippen LogP contribution in [-0.2, 0) is 10.3 Å².